The number of nitrogens with two attached hydrogens (primary N) is 1. The van der Waals surface area contributed by atoms with Gasteiger partial charge in [-0.25, -0.2) is 22.0 Å². The van der Waals surface area contributed by atoms with E-state index in [1.807, 2.05) is 0 Å². The second kappa shape index (κ2) is 6.71. The van der Waals surface area contributed by atoms with Gasteiger partial charge in [-0.2, -0.15) is 0 Å². The van der Waals surface area contributed by atoms with E-state index in [1.165, 1.54) is 0 Å². The van der Waals surface area contributed by atoms with Crippen molar-refractivity contribution >= 4 is 37.3 Å². The van der Waals surface area contributed by atoms with Crippen LogP contribution in [0.1, 0.15) is 12.8 Å². The largest absolute Gasteiger partial charge is 0.310 e. The van der Waals surface area contributed by atoms with Gasteiger partial charge in [0.05, 0.1) is 21.2 Å². The molecule has 26 heavy (non-hydrogen) atoms. The normalized spacial score (nSPS) is 15.3. The molecule has 1 aliphatic rings. The number of hydrogen-bond donors (Lipinski definition) is 2. The SMILES string of the molecule is NS(=O)(=O)c1ccc(S(=O)(=O)Nc2ccccc2N2CCCC2=O)cc1. The van der Waals surface area contributed by atoms with Gasteiger partial charge in [0.25, 0.3) is 10.0 Å². The molecule has 0 bridgehead atoms. The number of sulfonamides is 2. The van der Waals surface area contributed by atoms with Crippen LogP contribution in [-0.2, 0) is 24.8 Å². The third-order valence-corrected chi connectivity index (χ3v) is 6.29. The van der Waals surface area contributed by atoms with Gasteiger partial charge in [0.15, 0.2) is 0 Å². The van der Waals surface area contributed by atoms with E-state index in [-0.39, 0.29) is 21.4 Å². The van der Waals surface area contributed by atoms with E-state index in [4.69, 9.17) is 5.14 Å². The minimum absolute atomic E-state index is 0.0610. The smallest absolute Gasteiger partial charge is 0.261 e. The first kappa shape index (κ1) is 18.4. The first-order valence-corrected chi connectivity index (χ1v) is 10.8. The Kier molecular flexibility index (Phi) is 4.74. The number of nitrogens with zero attached hydrogens (tertiary/aromatic N) is 1. The highest BCUT2D eigenvalue weighted by Crippen LogP contribution is 2.31. The number of para-hydroxylation sites is 2. The maximum Gasteiger partial charge on any atom is 0.261 e. The van der Waals surface area contributed by atoms with Crippen molar-refractivity contribution in [3.8, 4) is 0 Å². The summed E-state index contributed by atoms with van der Waals surface area (Å²) in [5.74, 6) is -0.0610. The zero-order valence-corrected chi connectivity index (χ0v) is 15.3. The van der Waals surface area contributed by atoms with Crippen LogP contribution in [0.5, 0.6) is 0 Å². The Labute approximate surface area is 151 Å². The molecule has 2 aromatic carbocycles. The van der Waals surface area contributed by atoms with Gasteiger partial charge in [-0.05, 0) is 42.8 Å². The number of benzene rings is 2. The third kappa shape index (κ3) is 3.71. The van der Waals surface area contributed by atoms with E-state index >= 15 is 0 Å². The second-order valence-electron chi connectivity index (χ2n) is 5.79. The Morgan fingerprint density at radius 1 is 0.923 bits per heavy atom. The van der Waals surface area contributed by atoms with Gasteiger partial charge < -0.3 is 4.90 Å². The van der Waals surface area contributed by atoms with E-state index in [9.17, 15) is 21.6 Å². The van der Waals surface area contributed by atoms with Gasteiger partial charge in [0.2, 0.25) is 15.9 Å². The molecule has 8 nitrogen and oxygen atoms in total. The van der Waals surface area contributed by atoms with Gasteiger partial charge in [-0.1, -0.05) is 12.1 Å². The first-order valence-electron chi connectivity index (χ1n) is 7.73. The Morgan fingerprint density at radius 3 is 2.12 bits per heavy atom. The van der Waals surface area contributed by atoms with Gasteiger partial charge in [-0.15, -0.1) is 0 Å². The van der Waals surface area contributed by atoms with Crippen molar-refractivity contribution in [2.75, 3.05) is 16.2 Å². The van der Waals surface area contributed by atoms with Gasteiger partial charge in [-0.3, -0.25) is 9.52 Å². The molecule has 1 aliphatic heterocycles. The van der Waals surface area contributed by atoms with Crippen molar-refractivity contribution in [1.29, 1.82) is 0 Å². The molecule has 0 aromatic heterocycles. The molecule has 0 saturated carbocycles. The molecule has 3 rings (SSSR count). The van der Waals surface area contributed by atoms with Crippen molar-refractivity contribution in [3.63, 3.8) is 0 Å². The number of nitrogens with one attached hydrogen (secondary N) is 1. The predicted molar refractivity (Wildman–Crippen MR) is 96.7 cm³/mol. The van der Waals surface area contributed by atoms with Gasteiger partial charge in [0.1, 0.15) is 0 Å². The lowest BCUT2D eigenvalue weighted by Gasteiger charge is -2.20. The Hall–Kier alpha value is -2.43. The predicted octanol–water partition coefficient (Wildman–Crippen LogP) is 1.26. The number of amides is 1. The Morgan fingerprint density at radius 2 is 1.54 bits per heavy atom. The van der Waals surface area contributed by atoms with E-state index in [1.54, 1.807) is 29.2 Å². The average molecular weight is 395 g/mol. The van der Waals surface area contributed by atoms with E-state index in [2.05, 4.69) is 4.72 Å². The van der Waals surface area contributed by atoms with Crippen molar-refractivity contribution < 1.29 is 21.6 Å². The highest BCUT2D eigenvalue weighted by Gasteiger charge is 2.25. The van der Waals surface area contributed by atoms with Crippen LogP contribution < -0.4 is 14.8 Å². The monoisotopic (exact) mass is 395 g/mol. The summed E-state index contributed by atoms with van der Waals surface area (Å²) in [5, 5.41) is 5.01. The summed E-state index contributed by atoms with van der Waals surface area (Å²) in [6, 6.07) is 11.2. The van der Waals surface area contributed by atoms with Gasteiger partial charge >= 0.3 is 0 Å². The molecular weight excluding hydrogens is 378 g/mol. The number of hydrogen-bond acceptors (Lipinski definition) is 5. The summed E-state index contributed by atoms with van der Waals surface area (Å²) >= 11 is 0. The van der Waals surface area contributed by atoms with Crippen molar-refractivity contribution in [1.82, 2.24) is 0 Å². The van der Waals surface area contributed by atoms with Crippen LogP contribution in [0, 0.1) is 0 Å². The number of anilines is 2. The van der Waals surface area contributed by atoms with Crippen molar-refractivity contribution in [3.05, 3.63) is 48.5 Å². The van der Waals surface area contributed by atoms with Crippen LogP contribution in [0.3, 0.4) is 0 Å². The molecule has 2 aromatic rings. The zero-order chi connectivity index (χ0) is 18.9. The van der Waals surface area contributed by atoms with Crippen LogP contribution in [0.25, 0.3) is 0 Å². The number of primary sulfonamides is 1. The van der Waals surface area contributed by atoms with Crippen molar-refractivity contribution in [2.24, 2.45) is 5.14 Å². The topological polar surface area (TPSA) is 127 Å². The molecule has 0 atom stereocenters. The Bertz CT molecular complexity index is 1050. The molecule has 1 saturated heterocycles. The second-order valence-corrected chi connectivity index (χ2v) is 9.03. The Balaban J connectivity index is 1.92. The molecule has 0 unspecified atom stereocenters. The van der Waals surface area contributed by atoms with Crippen LogP contribution in [0.4, 0.5) is 11.4 Å². The van der Waals surface area contributed by atoms with E-state index < -0.39 is 20.0 Å². The lowest BCUT2D eigenvalue weighted by atomic mass is 10.2. The zero-order valence-electron chi connectivity index (χ0n) is 13.6. The minimum Gasteiger partial charge on any atom is -0.310 e. The maximum atomic E-state index is 12.6. The summed E-state index contributed by atoms with van der Waals surface area (Å²) in [6.07, 6.45) is 1.14. The first-order chi connectivity index (χ1) is 12.2. The molecule has 1 fully saturated rings. The fraction of sp³-hybridized carbons (Fsp3) is 0.188. The molecule has 0 aliphatic carbocycles. The molecular formula is C16H17N3O5S2. The van der Waals surface area contributed by atoms with E-state index in [0.29, 0.717) is 18.7 Å². The molecule has 10 heteroatoms. The highest BCUT2D eigenvalue weighted by atomic mass is 32.2. The fourth-order valence-corrected chi connectivity index (χ4v) is 4.30. The molecule has 138 valence electrons. The summed E-state index contributed by atoms with van der Waals surface area (Å²) in [4.78, 5) is 13.2. The maximum absolute atomic E-state index is 12.6. The fourth-order valence-electron chi connectivity index (χ4n) is 2.71. The van der Waals surface area contributed by atoms with E-state index in [0.717, 1.165) is 30.7 Å². The molecule has 0 radical (unpaired) electrons. The summed E-state index contributed by atoms with van der Waals surface area (Å²) in [5.41, 5.74) is 0.762. The van der Waals surface area contributed by atoms with Crippen LogP contribution in [-0.4, -0.2) is 29.3 Å². The highest BCUT2D eigenvalue weighted by molar-refractivity contribution is 7.92. The number of carbonyl (C=O) groups excluding carboxylic acids is 1. The molecule has 1 amide bonds. The molecule has 3 N–H and O–H groups in total. The molecule has 0 spiro atoms. The van der Waals surface area contributed by atoms with Crippen LogP contribution in [0.2, 0.25) is 0 Å². The summed E-state index contributed by atoms with van der Waals surface area (Å²) in [7, 11) is -7.88. The quantitative estimate of drug-likeness (QED) is 0.788. The minimum atomic E-state index is -3.97. The number of carbonyl (C=O) groups is 1. The van der Waals surface area contributed by atoms with Crippen molar-refractivity contribution in [2.45, 2.75) is 22.6 Å². The summed E-state index contributed by atoms with van der Waals surface area (Å²) < 4.78 is 50.3. The van der Waals surface area contributed by atoms with Gasteiger partial charge in [0, 0.05) is 13.0 Å². The van der Waals surface area contributed by atoms with Crippen LogP contribution in [0.15, 0.2) is 58.3 Å². The number of rotatable bonds is 5. The molecule has 1 heterocycles. The average Bonchev–Trinajstić information content (AvgIpc) is 3.00. The third-order valence-electron chi connectivity index (χ3n) is 3.98. The lowest BCUT2D eigenvalue weighted by Crippen LogP contribution is -2.25. The van der Waals surface area contributed by atoms with Crippen LogP contribution >= 0.6 is 0 Å². The summed E-state index contributed by atoms with van der Waals surface area (Å²) in [6.45, 7) is 0.528. The standard InChI is InChI=1S/C16H17N3O5S2/c17-25(21,22)12-7-9-13(10-8-12)26(23,24)18-14-4-1-2-5-15(14)19-11-3-6-16(19)20/h1-2,4-5,7-10,18H,3,6,11H2,(H2,17,21,22). The lowest BCUT2D eigenvalue weighted by molar-refractivity contribution is -0.117.